The molecular formula is C17H20N2. The van der Waals surface area contributed by atoms with Crippen LogP contribution in [0, 0.1) is 6.92 Å². The lowest BCUT2D eigenvalue weighted by Gasteiger charge is -2.08. The van der Waals surface area contributed by atoms with Crippen LogP contribution >= 0.6 is 0 Å². The van der Waals surface area contributed by atoms with Gasteiger partial charge in [0.1, 0.15) is 5.82 Å². The summed E-state index contributed by atoms with van der Waals surface area (Å²) in [7, 11) is 0. The molecule has 0 spiro atoms. The summed E-state index contributed by atoms with van der Waals surface area (Å²) in [6.07, 6.45) is 6.98. The van der Waals surface area contributed by atoms with Crippen molar-refractivity contribution in [3.05, 3.63) is 65.8 Å². The molecular weight excluding hydrogens is 232 g/mol. The molecule has 0 saturated heterocycles. The van der Waals surface area contributed by atoms with Crippen molar-refractivity contribution in [1.82, 2.24) is 9.55 Å². The van der Waals surface area contributed by atoms with Crippen molar-refractivity contribution in [1.29, 1.82) is 0 Å². The second-order valence-corrected chi connectivity index (χ2v) is 4.52. The van der Waals surface area contributed by atoms with E-state index >= 15 is 0 Å². The van der Waals surface area contributed by atoms with E-state index in [1.54, 1.807) is 0 Å². The van der Waals surface area contributed by atoms with Crippen molar-refractivity contribution >= 4 is 12.2 Å². The third-order valence-electron chi connectivity index (χ3n) is 3.21. The van der Waals surface area contributed by atoms with Crippen LogP contribution in [0.2, 0.25) is 0 Å². The highest BCUT2D eigenvalue weighted by Gasteiger charge is 2.09. The molecule has 0 atom stereocenters. The van der Waals surface area contributed by atoms with E-state index in [2.05, 4.69) is 46.5 Å². The molecule has 2 rings (SSSR count). The van der Waals surface area contributed by atoms with Crippen LogP contribution in [0.3, 0.4) is 0 Å². The van der Waals surface area contributed by atoms with Gasteiger partial charge in [0.25, 0.3) is 0 Å². The predicted octanol–water partition coefficient (Wildman–Crippen LogP) is 4.11. The number of benzene rings is 1. The highest BCUT2D eigenvalue weighted by atomic mass is 15.1. The molecule has 0 bridgehead atoms. The lowest BCUT2D eigenvalue weighted by Crippen LogP contribution is -2.05. The molecule has 0 saturated carbocycles. The van der Waals surface area contributed by atoms with Gasteiger partial charge in [-0.2, -0.15) is 0 Å². The third-order valence-corrected chi connectivity index (χ3v) is 3.21. The topological polar surface area (TPSA) is 17.8 Å². The SMILES string of the molecule is C=Cc1nc(C)n(CCc2ccccc2)c1/C=C\C. The van der Waals surface area contributed by atoms with Crippen LogP contribution in [0.15, 0.2) is 43.0 Å². The van der Waals surface area contributed by atoms with Gasteiger partial charge in [0.15, 0.2) is 0 Å². The Hall–Kier alpha value is -2.09. The summed E-state index contributed by atoms with van der Waals surface area (Å²) in [6, 6.07) is 10.5. The number of aromatic nitrogens is 2. The minimum Gasteiger partial charge on any atom is -0.328 e. The minimum atomic E-state index is 0.941. The molecule has 0 aliphatic heterocycles. The Morgan fingerprint density at radius 2 is 2.00 bits per heavy atom. The molecule has 0 aliphatic carbocycles. The van der Waals surface area contributed by atoms with Gasteiger partial charge >= 0.3 is 0 Å². The molecule has 0 unspecified atom stereocenters. The normalized spacial score (nSPS) is 11.1. The second kappa shape index (κ2) is 6.19. The van der Waals surface area contributed by atoms with E-state index < -0.39 is 0 Å². The Morgan fingerprint density at radius 3 is 2.63 bits per heavy atom. The van der Waals surface area contributed by atoms with Gasteiger partial charge in [-0.05, 0) is 38.0 Å². The number of nitrogens with zero attached hydrogens (tertiary/aromatic N) is 2. The zero-order valence-electron chi connectivity index (χ0n) is 11.6. The maximum Gasteiger partial charge on any atom is 0.106 e. The molecule has 0 N–H and O–H groups in total. The molecule has 0 aliphatic rings. The number of aryl methyl sites for hydroxylation is 2. The molecule has 2 nitrogen and oxygen atoms in total. The van der Waals surface area contributed by atoms with Gasteiger partial charge < -0.3 is 4.57 Å². The molecule has 0 fully saturated rings. The highest BCUT2D eigenvalue weighted by Crippen LogP contribution is 2.16. The Bertz CT molecular complexity index is 577. The van der Waals surface area contributed by atoms with Gasteiger partial charge in [0.2, 0.25) is 0 Å². The van der Waals surface area contributed by atoms with Gasteiger partial charge in [0.05, 0.1) is 11.4 Å². The summed E-state index contributed by atoms with van der Waals surface area (Å²) in [5.41, 5.74) is 3.46. The van der Waals surface area contributed by atoms with Gasteiger partial charge in [0, 0.05) is 6.54 Å². The van der Waals surface area contributed by atoms with Gasteiger partial charge in [-0.25, -0.2) is 4.98 Å². The zero-order chi connectivity index (χ0) is 13.7. The van der Waals surface area contributed by atoms with E-state index in [0.29, 0.717) is 0 Å². The van der Waals surface area contributed by atoms with Gasteiger partial charge in [-0.15, -0.1) is 0 Å². The maximum absolute atomic E-state index is 4.55. The van der Waals surface area contributed by atoms with E-state index in [-0.39, 0.29) is 0 Å². The first-order chi connectivity index (χ1) is 9.26. The number of rotatable bonds is 5. The third kappa shape index (κ3) is 3.02. The summed E-state index contributed by atoms with van der Waals surface area (Å²) in [5.74, 6) is 1.04. The molecule has 0 amide bonds. The predicted molar refractivity (Wildman–Crippen MR) is 81.9 cm³/mol. The zero-order valence-corrected chi connectivity index (χ0v) is 11.6. The van der Waals surface area contributed by atoms with Crippen LogP contribution in [0.25, 0.3) is 12.2 Å². The number of allylic oxidation sites excluding steroid dienone is 1. The lowest BCUT2D eigenvalue weighted by molar-refractivity contribution is 0.668. The summed E-state index contributed by atoms with van der Waals surface area (Å²) in [6.45, 7) is 8.85. The summed E-state index contributed by atoms with van der Waals surface area (Å²) in [5, 5.41) is 0. The average molecular weight is 252 g/mol. The van der Waals surface area contributed by atoms with Crippen molar-refractivity contribution in [2.24, 2.45) is 0 Å². The Kier molecular flexibility index (Phi) is 4.35. The van der Waals surface area contributed by atoms with Crippen LogP contribution in [0.4, 0.5) is 0 Å². The Labute approximate surface area is 115 Å². The quantitative estimate of drug-likeness (QED) is 0.783. The number of hydrogen-bond donors (Lipinski definition) is 0. The van der Waals surface area contributed by atoms with Crippen LogP contribution in [-0.2, 0) is 13.0 Å². The first-order valence-electron chi connectivity index (χ1n) is 6.62. The van der Waals surface area contributed by atoms with Gasteiger partial charge in [-0.3, -0.25) is 0 Å². The second-order valence-electron chi connectivity index (χ2n) is 4.52. The van der Waals surface area contributed by atoms with Crippen LogP contribution in [0.5, 0.6) is 0 Å². The van der Waals surface area contributed by atoms with Crippen LogP contribution in [-0.4, -0.2) is 9.55 Å². The minimum absolute atomic E-state index is 0.941. The van der Waals surface area contributed by atoms with Crippen LogP contribution < -0.4 is 0 Å². The van der Waals surface area contributed by atoms with Crippen molar-refractivity contribution in [2.75, 3.05) is 0 Å². The smallest absolute Gasteiger partial charge is 0.106 e. The van der Waals surface area contributed by atoms with E-state index in [1.165, 1.54) is 5.56 Å². The fraction of sp³-hybridized carbons (Fsp3) is 0.235. The highest BCUT2D eigenvalue weighted by molar-refractivity contribution is 5.59. The molecule has 19 heavy (non-hydrogen) atoms. The molecule has 98 valence electrons. The summed E-state index contributed by atoms with van der Waals surface area (Å²) >= 11 is 0. The standard InChI is InChI=1S/C17H20N2/c1-4-9-17-16(5-2)18-14(3)19(17)13-12-15-10-7-6-8-11-15/h4-11H,2,12-13H2,1,3H3/b9-4-. The average Bonchev–Trinajstić information content (AvgIpc) is 2.74. The molecule has 1 aromatic carbocycles. The first-order valence-corrected chi connectivity index (χ1v) is 6.62. The fourth-order valence-corrected chi connectivity index (χ4v) is 2.26. The lowest BCUT2D eigenvalue weighted by atomic mass is 10.1. The number of imidazole rings is 1. The summed E-state index contributed by atoms with van der Waals surface area (Å²) < 4.78 is 2.25. The van der Waals surface area contributed by atoms with Crippen molar-refractivity contribution in [3.8, 4) is 0 Å². The van der Waals surface area contributed by atoms with E-state index in [9.17, 15) is 0 Å². The fourth-order valence-electron chi connectivity index (χ4n) is 2.26. The van der Waals surface area contributed by atoms with Crippen molar-refractivity contribution < 1.29 is 0 Å². The molecule has 1 aromatic heterocycles. The monoisotopic (exact) mass is 252 g/mol. The van der Waals surface area contributed by atoms with Crippen molar-refractivity contribution in [2.45, 2.75) is 26.8 Å². The van der Waals surface area contributed by atoms with Crippen molar-refractivity contribution in [3.63, 3.8) is 0 Å². The molecule has 2 aromatic rings. The van der Waals surface area contributed by atoms with Gasteiger partial charge in [-0.1, -0.05) is 43.0 Å². The van der Waals surface area contributed by atoms with E-state index in [4.69, 9.17) is 0 Å². The Balaban J connectivity index is 2.24. The maximum atomic E-state index is 4.55. The molecule has 2 heteroatoms. The van der Waals surface area contributed by atoms with E-state index in [0.717, 1.165) is 30.2 Å². The molecule has 1 heterocycles. The van der Waals surface area contributed by atoms with Crippen LogP contribution in [0.1, 0.15) is 29.7 Å². The van der Waals surface area contributed by atoms with E-state index in [1.807, 2.05) is 32.1 Å². The summed E-state index contributed by atoms with van der Waals surface area (Å²) in [4.78, 5) is 4.55. The molecule has 0 radical (unpaired) electrons. The largest absolute Gasteiger partial charge is 0.328 e. The Morgan fingerprint density at radius 1 is 1.26 bits per heavy atom. The number of hydrogen-bond acceptors (Lipinski definition) is 1. The first kappa shape index (κ1) is 13.3.